The van der Waals surface area contributed by atoms with Crippen LogP contribution in [0.25, 0.3) is 0 Å². The van der Waals surface area contributed by atoms with E-state index in [0.29, 0.717) is 4.90 Å². The number of hydrogen-bond donors (Lipinski definition) is 1. The second kappa shape index (κ2) is 5.43. The number of anilines is 1. The molecule has 1 aliphatic rings. The van der Waals surface area contributed by atoms with Crippen molar-refractivity contribution in [1.82, 2.24) is 14.9 Å². The highest BCUT2D eigenvalue weighted by Crippen LogP contribution is 2.24. The molecule has 2 rings (SSSR count). The monoisotopic (exact) mass is 288 g/mol. The third-order valence-electron chi connectivity index (χ3n) is 2.77. The summed E-state index contributed by atoms with van der Waals surface area (Å²) in [5.74, 6) is -1.84. The summed E-state index contributed by atoms with van der Waals surface area (Å²) < 4.78 is 36.7. The molecule has 0 radical (unpaired) electrons. The van der Waals surface area contributed by atoms with Gasteiger partial charge in [-0.3, -0.25) is 14.6 Å². The van der Waals surface area contributed by atoms with E-state index in [9.17, 15) is 22.8 Å². The maximum atomic E-state index is 12.2. The van der Waals surface area contributed by atoms with Gasteiger partial charge in [0.05, 0.1) is 12.1 Å². The Balaban J connectivity index is 1.94. The first-order valence-corrected chi connectivity index (χ1v) is 5.76. The van der Waals surface area contributed by atoms with Gasteiger partial charge in [0, 0.05) is 25.4 Å². The minimum atomic E-state index is -4.47. The van der Waals surface area contributed by atoms with Crippen LogP contribution in [0.5, 0.6) is 0 Å². The Kier molecular flexibility index (Phi) is 3.86. The molecule has 0 aromatic carbocycles. The summed E-state index contributed by atoms with van der Waals surface area (Å²) in [4.78, 5) is 31.5. The van der Waals surface area contributed by atoms with Gasteiger partial charge in [0.15, 0.2) is 5.82 Å². The van der Waals surface area contributed by atoms with E-state index in [1.807, 2.05) is 0 Å². The maximum absolute atomic E-state index is 12.2. The maximum Gasteiger partial charge on any atom is 0.406 e. The Labute approximate surface area is 112 Å². The molecule has 1 aromatic heterocycles. The molecule has 1 fully saturated rings. The SMILES string of the molecule is O=C(Nc1cnccn1)C1CC(=O)N(CC(F)(F)F)C1. The fourth-order valence-corrected chi connectivity index (χ4v) is 1.91. The van der Waals surface area contributed by atoms with Crippen LogP contribution in [-0.4, -0.2) is 45.9 Å². The van der Waals surface area contributed by atoms with Crippen molar-refractivity contribution in [3.63, 3.8) is 0 Å². The van der Waals surface area contributed by atoms with Crippen LogP contribution in [0.2, 0.25) is 0 Å². The van der Waals surface area contributed by atoms with Crippen molar-refractivity contribution in [3.8, 4) is 0 Å². The lowest BCUT2D eigenvalue weighted by atomic mass is 10.1. The van der Waals surface area contributed by atoms with Crippen molar-refractivity contribution < 1.29 is 22.8 Å². The average molecular weight is 288 g/mol. The Morgan fingerprint density at radius 3 is 2.80 bits per heavy atom. The average Bonchev–Trinajstić information content (AvgIpc) is 2.70. The number of amides is 2. The molecule has 108 valence electrons. The molecule has 6 nitrogen and oxygen atoms in total. The number of aromatic nitrogens is 2. The van der Waals surface area contributed by atoms with Gasteiger partial charge in [0.2, 0.25) is 11.8 Å². The van der Waals surface area contributed by atoms with Gasteiger partial charge in [-0.05, 0) is 0 Å². The normalized spacial score (nSPS) is 19.2. The summed E-state index contributed by atoms with van der Waals surface area (Å²) >= 11 is 0. The summed E-state index contributed by atoms with van der Waals surface area (Å²) in [6, 6.07) is 0. The van der Waals surface area contributed by atoms with E-state index >= 15 is 0 Å². The fraction of sp³-hybridized carbons (Fsp3) is 0.455. The van der Waals surface area contributed by atoms with Gasteiger partial charge in [-0.25, -0.2) is 4.98 Å². The van der Waals surface area contributed by atoms with E-state index in [1.165, 1.54) is 18.6 Å². The lowest BCUT2D eigenvalue weighted by molar-refractivity contribution is -0.157. The lowest BCUT2D eigenvalue weighted by Crippen LogP contribution is -2.36. The minimum Gasteiger partial charge on any atom is -0.333 e. The van der Waals surface area contributed by atoms with E-state index in [1.54, 1.807) is 0 Å². The van der Waals surface area contributed by atoms with Crippen LogP contribution < -0.4 is 5.32 Å². The summed E-state index contributed by atoms with van der Waals surface area (Å²) in [7, 11) is 0. The molecule has 1 N–H and O–H groups in total. The van der Waals surface area contributed by atoms with Crippen molar-refractivity contribution in [2.24, 2.45) is 5.92 Å². The second-order valence-electron chi connectivity index (χ2n) is 4.37. The number of nitrogens with one attached hydrogen (secondary N) is 1. The van der Waals surface area contributed by atoms with Crippen LogP contribution >= 0.6 is 0 Å². The molecule has 2 heterocycles. The van der Waals surface area contributed by atoms with Gasteiger partial charge in [0.1, 0.15) is 6.54 Å². The number of carbonyl (C=O) groups excluding carboxylic acids is 2. The van der Waals surface area contributed by atoms with Gasteiger partial charge < -0.3 is 10.2 Å². The molecule has 20 heavy (non-hydrogen) atoms. The number of nitrogens with zero attached hydrogens (tertiary/aromatic N) is 3. The summed E-state index contributed by atoms with van der Waals surface area (Å²) in [6.07, 6.45) is -0.610. The number of hydrogen-bond acceptors (Lipinski definition) is 4. The van der Waals surface area contributed by atoms with Crippen LogP contribution in [0.3, 0.4) is 0 Å². The van der Waals surface area contributed by atoms with Gasteiger partial charge in [0.25, 0.3) is 0 Å². The van der Waals surface area contributed by atoms with Crippen LogP contribution in [0, 0.1) is 5.92 Å². The van der Waals surface area contributed by atoms with E-state index in [0.717, 1.165) is 0 Å². The Morgan fingerprint density at radius 1 is 1.45 bits per heavy atom. The van der Waals surface area contributed by atoms with E-state index in [2.05, 4.69) is 15.3 Å². The highest BCUT2D eigenvalue weighted by molar-refractivity contribution is 5.96. The molecule has 1 saturated heterocycles. The van der Waals surface area contributed by atoms with Crippen molar-refractivity contribution in [3.05, 3.63) is 18.6 Å². The highest BCUT2D eigenvalue weighted by atomic mass is 19.4. The molecule has 0 aliphatic carbocycles. The standard InChI is InChI=1S/C11H11F3N4O2/c12-11(13,14)6-18-5-7(3-9(18)19)10(20)17-8-4-15-1-2-16-8/h1-2,4,7H,3,5-6H2,(H,16,17,20). The van der Waals surface area contributed by atoms with Crippen LogP contribution in [0.1, 0.15) is 6.42 Å². The number of likely N-dealkylation sites (tertiary alicyclic amines) is 1. The van der Waals surface area contributed by atoms with E-state index < -0.39 is 30.5 Å². The van der Waals surface area contributed by atoms with E-state index in [4.69, 9.17) is 0 Å². The molecule has 1 aromatic rings. The van der Waals surface area contributed by atoms with E-state index in [-0.39, 0.29) is 18.8 Å². The first-order chi connectivity index (χ1) is 9.35. The molecule has 1 atom stereocenters. The number of rotatable bonds is 3. The second-order valence-corrected chi connectivity index (χ2v) is 4.37. The predicted molar refractivity (Wildman–Crippen MR) is 61.4 cm³/mol. The third kappa shape index (κ3) is 3.65. The van der Waals surface area contributed by atoms with Crippen molar-refractivity contribution in [1.29, 1.82) is 0 Å². The zero-order chi connectivity index (χ0) is 14.8. The molecule has 0 saturated carbocycles. The number of carbonyl (C=O) groups is 2. The first kappa shape index (κ1) is 14.2. The zero-order valence-electron chi connectivity index (χ0n) is 10.2. The van der Waals surface area contributed by atoms with Gasteiger partial charge in [-0.15, -0.1) is 0 Å². The van der Waals surface area contributed by atoms with Crippen LogP contribution in [-0.2, 0) is 9.59 Å². The first-order valence-electron chi connectivity index (χ1n) is 5.76. The van der Waals surface area contributed by atoms with Crippen LogP contribution in [0.4, 0.5) is 19.0 Å². The van der Waals surface area contributed by atoms with Gasteiger partial charge in [-0.1, -0.05) is 0 Å². The smallest absolute Gasteiger partial charge is 0.333 e. The lowest BCUT2D eigenvalue weighted by Gasteiger charge is -2.18. The summed E-state index contributed by atoms with van der Waals surface area (Å²) in [6.45, 7) is -1.58. The van der Waals surface area contributed by atoms with Gasteiger partial charge in [-0.2, -0.15) is 13.2 Å². The molecule has 9 heteroatoms. The largest absolute Gasteiger partial charge is 0.406 e. The molecular weight excluding hydrogens is 277 g/mol. The number of alkyl halides is 3. The molecule has 0 spiro atoms. The Bertz CT molecular complexity index is 506. The Morgan fingerprint density at radius 2 is 2.20 bits per heavy atom. The topological polar surface area (TPSA) is 75.2 Å². The molecule has 2 amide bonds. The molecule has 1 unspecified atom stereocenters. The van der Waals surface area contributed by atoms with Crippen LogP contribution in [0.15, 0.2) is 18.6 Å². The fourth-order valence-electron chi connectivity index (χ4n) is 1.91. The van der Waals surface area contributed by atoms with Crippen molar-refractivity contribution >= 4 is 17.6 Å². The molecule has 0 bridgehead atoms. The van der Waals surface area contributed by atoms with Crippen molar-refractivity contribution in [2.45, 2.75) is 12.6 Å². The van der Waals surface area contributed by atoms with Crippen molar-refractivity contribution in [2.75, 3.05) is 18.4 Å². The summed E-state index contributed by atoms with van der Waals surface area (Å²) in [5, 5.41) is 2.42. The predicted octanol–water partition coefficient (Wildman–Crippen LogP) is 0.826. The molecular formula is C11H11F3N4O2. The molecule has 1 aliphatic heterocycles. The minimum absolute atomic E-state index is 0.194. The highest BCUT2D eigenvalue weighted by Gasteiger charge is 2.40. The summed E-state index contributed by atoms with van der Waals surface area (Å²) in [5.41, 5.74) is 0. The quantitative estimate of drug-likeness (QED) is 0.893. The number of halogens is 3. The van der Waals surface area contributed by atoms with Gasteiger partial charge >= 0.3 is 6.18 Å². The third-order valence-corrected chi connectivity index (χ3v) is 2.77. The zero-order valence-corrected chi connectivity index (χ0v) is 10.2. The Hall–Kier alpha value is -2.19.